The van der Waals surface area contributed by atoms with Crippen molar-refractivity contribution < 1.29 is 13.9 Å². The molecule has 0 amide bonds. The van der Waals surface area contributed by atoms with Crippen LogP contribution in [0.25, 0.3) is 11.4 Å². The van der Waals surface area contributed by atoms with Crippen molar-refractivity contribution in [2.75, 3.05) is 21.2 Å². The molecule has 0 saturated heterocycles. The van der Waals surface area contributed by atoms with Crippen LogP contribution in [-0.2, 0) is 13.1 Å². The number of Topliss-reactive ketones (excluding diaryl/α,β-unsaturated/α-hetero) is 1. The van der Waals surface area contributed by atoms with Crippen LogP contribution in [0.3, 0.4) is 0 Å². The van der Waals surface area contributed by atoms with Gasteiger partial charge in [0.05, 0.1) is 19.3 Å². The molecule has 3 heterocycles. The molecular formula is C26H27FN6O2. The van der Waals surface area contributed by atoms with E-state index in [1.165, 1.54) is 6.07 Å². The highest BCUT2D eigenvalue weighted by Crippen LogP contribution is 2.29. The first-order chi connectivity index (χ1) is 16.9. The maximum absolute atomic E-state index is 15.3. The van der Waals surface area contributed by atoms with Gasteiger partial charge in [-0.05, 0) is 50.5 Å². The number of halogens is 1. The molecule has 0 fully saturated rings. The number of benzene rings is 2. The number of carbonyl (C=O) groups excluding carboxylic acids is 1. The van der Waals surface area contributed by atoms with Gasteiger partial charge in [-0.2, -0.15) is 0 Å². The van der Waals surface area contributed by atoms with E-state index in [4.69, 9.17) is 4.74 Å². The molecule has 1 aliphatic rings. The number of ketones is 1. The fourth-order valence-corrected chi connectivity index (χ4v) is 4.46. The standard InChI is InChI=1S/C26H27FN6O2/c1-31(2)15-25-28-10-11-32(25)18-6-9-20(21(27)12-18)22-13-24(34)26-23(14-29-22)30-16-33(26)17-4-7-19(35-3)8-5-17/h4-12,16,22,29H,13-15H2,1-3H3. The molecule has 5 rings (SSSR count). The van der Waals surface area contributed by atoms with Crippen molar-refractivity contribution in [3.8, 4) is 17.1 Å². The fraction of sp³-hybridized carbons (Fsp3) is 0.269. The highest BCUT2D eigenvalue weighted by Gasteiger charge is 2.29. The Morgan fingerprint density at radius 2 is 1.89 bits per heavy atom. The van der Waals surface area contributed by atoms with Gasteiger partial charge in [0.15, 0.2) is 5.78 Å². The summed E-state index contributed by atoms with van der Waals surface area (Å²) in [7, 11) is 5.53. The van der Waals surface area contributed by atoms with Gasteiger partial charge in [0.1, 0.15) is 29.4 Å². The normalized spacial score (nSPS) is 15.8. The molecule has 1 atom stereocenters. The second-order valence-corrected chi connectivity index (χ2v) is 8.83. The SMILES string of the molecule is COc1ccc(-n2cnc3c2C(=O)CC(c2ccc(-n4ccnc4CN(C)C)cc2F)NC3)cc1. The number of hydrogen-bond acceptors (Lipinski definition) is 6. The van der Waals surface area contributed by atoms with E-state index in [1.54, 1.807) is 30.3 Å². The van der Waals surface area contributed by atoms with Gasteiger partial charge >= 0.3 is 0 Å². The lowest BCUT2D eigenvalue weighted by atomic mass is 10.00. The molecule has 1 unspecified atom stereocenters. The lowest BCUT2D eigenvalue weighted by molar-refractivity contribution is 0.0966. The molecule has 4 aromatic rings. The molecule has 1 N–H and O–H groups in total. The van der Waals surface area contributed by atoms with E-state index in [0.717, 1.165) is 17.3 Å². The van der Waals surface area contributed by atoms with Gasteiger partial charge in [-0.15, -0.1) is 0 Å². The summed E-state index contributed by atoms with van der Waals surface area (Å²) >= 11 is 0. The Kier molecular flexibility index (Phi) is 6.19. The van der Waals surface area contributed by atoms with Crippen LogP contribution in [0.4, 0.5) is 4.39 Å². The van der Waals surface area contributed by atoms with E-state index < -0.39 is 6.04 Å². The molecule has 1 aliphatic heterocycles. The van der Waals surface area contributed by atoms with E-state index in [9.17, 15) is 4.79 Å². The van der Waals surface area contributed by atoms with Crippen LogP contribution in [-0.4, -0.2) is 51.0 Å². The van der Waals surface area contributed by atoms with Crippen LogP contribution < -0.4 is 10.1 Å². The predicted octanol–water partition coefficient (Wildman–Crippen LogP) is 3.68. The maximum atomic E-state index is 15.3. The van der Waals surface area contributed by atoms with E-state index >= 15 is 4.39 Å². The zero-order valence-corrected chi connectivity index (χ0v) is 19.9. The minimum Gasteiger partial charge on any atom is -0.497 e. The number of carbonyl (C=O) groups is 1. The summed E-state index contributed by atoms with van der Waals surface area (Å²) < 4.78 is 24.2. The molecule has 180 valence electrons. The van der Waals surface area contributed by atoms with E-state index in [0.29, 0.717) is 35.7 Å². The molecule has 0 radical (unpaired) electrons. The molecule has 2 aromatic heterocycles. The summed E-state index contributed by atoms with van der Waals surface area (Å²) in [5, 5.41) is 3.32. The fourth-order valence-electron chi connectivity index (χ4n) is 4.46. The summed E-state index contributed by atoms with van der Waals surface area (Å²) in [5.41, 5.74) is 3.13. The Balaban J connectivity index is 1.40. The molecule has 2 aromatic carbocycles. The average Bonchev–Trinajstić information content (AvgIpc) is 3.45. The number of ether oxygens (including phenoxy) is 1. The highest BCUT2D eigenvalue weighted by atomic mass is 19.1. The molecule has 35 heavy (non-hydrogen) atoms. The van der Waals surface area contributed by atoms with E-state index in [1.807, 2.05) is 60.1 Å². The Morgan fingerprint density at radius 3 is 2.60 bits per heavy atom. The summed E-state index contributed by atoms with van der Waals surface area (Å²) in [6.45, 7) is 1.00. The van der Waals surface area contributed by atoms with E-state index in [-0.39, 0.29) is 18.0 Å². The number of nitrogens with one attached hydrogen (secondary N) is 1. The number of nitrogens with zero attached hydrogens (tertiary/aromatic N) is 5. The minimum absolute atomic E-state index is 0.0883. The molecule has 0 spiro atoms. The average molecular weight is 475 g/mol. The van der Waals surface area contributed by atoms with Gasteiger partial charge in [-0.1, -0.05) is 6.07 Å². The number of aromatic nitrogens is 4. The maximum Gasteiger partial charge on any atom is 0.183 e. The largest absolute Gasteiger partial charge is 0.497 e. The van der Waals surface area contributed by atoms with Gasteiger partial charge < -0.3 is 19.5 Å². The lowest BCUT2D eigenvalue weighted by Crippen LogP contribution is -2.22. The number of fused-ring (bicyclic) bond motifs is 1. The lowest BCUT2D eigenvalue weighted by Gasteiger charge is -2.18. The van der Waals surface area contributed by atoms with Crippen molar-refractivity contribution in [3.63, 3.8) is 0 Å². The Hall–Kier alpha value is -3.82. The first kappa shape index (κ1) is 22.9. The van der Waals surface area contributed by atoms with Gasteiger partial charge in [0, 0.05) is 48.3 Å². The van der Waals surface area contributed by atoms with Crippen molar-refractivity contribution in [2.24, 2.45) is 0 Å². The first-order valence-corrected chi connectivity index (χ1v) is 11.4. The van der Waals surface area contributed by atoms with Gasteiger partial charge in [0.25, 0.3) is 0 Å². The van der Waals surface area contributed by atoms with Crippen LogP contribution >= 0.6 is 0 Å². The van der Waals surface area contributed by atoms with Crippen molar-refractivity contribution in [2.45, 2.75) is 25.6 Å². The zero-order chi connectivity index (χ0) is 24.5. The summed E-state index contributed by atoms with van der Waals surface area (Å²) in [6.07, 6.45) is 5.31. The summed E-state index contributed by atoms with van der Waals surface area (Å²) in [4.78, 5) is 24.2. The Morgan fingerprint density at radius 1 is 1.11 bits per heavy atom. The van der Waals surface area contributed by atoms with Crippen LogP contribution in [0.1, 0.15) is 40.0 Å². The van der Waals surface area contributed by atoms with Crippen LogP contribution in [0.2, 0.25) is 0 Å². The van der Waals surface area contributed by atoms with Crippen molar-refractivity contribution in [3.05, 3.63) is 89.8 Å². The molecule has 0 aliphatic carbocycles. The number of rotatable bonds is 6. The number of imidazole rings is 2. The number of methoxy groups -OCH3 is 1. The molecule has 8 nitrogen and oxygen atoms in total. The topological polar surface area (TPSA) is 77.2 Å². The molecule has 0 bridgehead atoms. The van der Waals surface area contributed by atoms with Gasteiger partial charge in [0.2, 0.25) is 0 Å². The third kappa shape index (κ3) is 4.48. The Labute approximate surface area is 203 Å². The van der Waals surface area contributed by atoms with Crippen LogP contribution in [0.5, 0.6) is 5.75 Å². The smallest absolute Gasteiger partial charge is 0.183 e. The van der Waals surface area contributed by atoms with Gasteiger partial charge in [-0.25, -0.2) is 14.4 Å². The minimum atomic E-state index is -0.459. The summed E-state index contributed by atoms with van der Waals surface area (Å²) in [5.74, 6) is 1.10. The first-order valence-electron chi connectivity index (χ1n) is 11.4. The third-order valence-electron chi connectivity index (χ3n) is 6.18. The number of hydrogen-bond donors (Lipinski definition) is 1. The zero-order valence-electron chi connectivity index (χ0n) is 19.9. The van der Waals surface area contributed by atoms with Crippen LogP contribution in [0, 0.1) is 5.82 Å². The molecule has 0 saturated carbocycles. The monoisotopic (exact) mass is 474 g/mol. The summed E-state index contributed by atoms with van der Waals surface area (Å²) in [6, 6.07) is 12.1. The van der Waals surface area contributed by atoms with E-state index in [2.05, 4.69) is 15.3 Å². The molecular weight excluding hydrogens is 447 g/mol. The molecule has 9 heteroatoms. The highest BCUT2D eigenvalue weighted by molar-refractivity contribution is 5.97. The second kappa shape index (κ2) is 9.44. The second-order valence-electron chi connectivity index (χ2n) is 8.83. The van der Waals surface area contributed by atoms with Gasteiger partial charge in [-0.3, -0.25) is 9.36 Å². The van der Waals surface area contributed by atoms with Crippen molar-refractivity contribution in [1.29, 1.82) is 0 Å². The predicted molar refractivity (Wildman–Crippen MR) is 130 cm³/mol. The van der Waals surface area contributed by atoms with Crippen LogP contribution in [0.15, 0.2) is 61.2 Å². The Bertz CT molecular complexity index is 1360. The quantitative estimate of drug-likeness (QED) is 0.459. The third-order valence-corrected chi connectivity index (χ3v) is 6.18. The van der Waals surface area contributed by atoms with Crippen molar-refractivity contribution in [1.82, 2.24) is 29.3 Å². The van der Waals surface area contributed by atoms with Crippen molar-refractivity contribution >= 4 is 5.78 Å².